The number of benzene rings is 2. The molecule has 2 N–H and O–H groups in total. The van der Waals surface area contributed by atoms with Crippen molar-refractivity contribution in [3.8, 4) is 11.3 Å². The number of hydrogen-bond acceptors (Lipinski definition) is 3. The van der Waals surface area contributed by atoms with E-state index in [-0.39, 0.29) is 38.2 Å². The van der Waals surface area contributed by atoms with Crippen molar-refractivity contribution in [3.05, 3.63) is 66.4 Å². The molecule has 0 aliphatic heterocycles. The minimum absolute atomic E-state index is 0. The summed E-state index contributed by atoms with van der Waals surface area (Å²) in [6.45, 7) is 4.43. The average Bonchev–Trinajstić information content (AvgIpc) is 3.16. The Hall–Kier alpha value is -1.58. The van der Waals surface area contributed by atoms with Crippen LogP contribution in [0, 0.1) is 17.9 Å². The second kappa shape index (κ2) is 10.8. The van der Waals surface area contributed by atoms with Gasteiger partial charge in [0.1, 0.15) is 0 Å². The van der Waals surface area contributed by atoms with E-state index >= 15 is 0 Å². The van der Waals surface area contributed by atoms with Crippen molar-refractivity contribution in [3.63, 3.8) is 0 Å². The van der Waals surface area contributed by atoms with Crippen molar-refractivity contribution >= 4 is 10.8 Å². The van der Waals surface area contributed by atoms with Gasteiger partial charge in [-0.2, -0.15) is 0 Å². The Bertz CT molecular complexity index is 973. The molecule has 1 radical (unpaired) electrons. The van der Waals surface area contributed by atoms with Crippen LogP contribution in [0.25, 0.3) is 22.0 Å². The Morgan fingerprint density at radius 1 is 0.935 bits per heavy atom. The van der Waals surface area contributed by atoms with Gasteiger partial charge in [-0.05, 0) is 59.5 Å². The third-order valence-electron chi connectivity index (χ3n) is 6.74. The third kappa shape index (κ3) is 5.62. The van der Waals surface area contributed by atoms with Crippen LogP contribution in [0.5, 0.6) is 0 Å². The van der Waals surface area contributed by atoms with Gasteiger partial charge in [0, 0.05) is 32.2 Å². The second-order valence-electron chi connectivity index (χ2n) is 9.09. The van der Waals surface area contributed by atoms with Gasteiger partial charge in [-0.3, -0.25) is 0 Å². The summed E-state index contributed by atoms with van der Waals surface area (Å²) >= 11 is 0. The first-order valence-electron chi connectivity index (χ1n) is 11.3. The van der Waals surface area contributed by atoms with Gasteiger partial charge in [-0.25, -0.2) is 0 Å². The molecule has 1 heterocycles. The average molecular weight is 595 g/mol. The molecule has 4 unspecified atom stereocenters. The zero-order chi connectivity index (χ0) is 21.1. The van der Waals surface area contributed by atoms with E-state index in [4.69, 9.17) is 0 Å². The van der Waals surface area contributed by atoms with Crippen molar-refractivity contribution in [1.29, 1.82) is 0 Å². The van der Waals surface area contributed by atoms with E-state index in [1.165, 1.54) is 22.8 Å². The van der Waals surface area contributed by atoms with E-state index < -0.39 is 0 Å². The van der Waals surface area contributed by atoms with Crippen molar-refractivity contribution in [2.24, 2.45) is 11.8 Å². The van der Waals surface area contributed by atoms with Crippen LogP contribution in [0.15, 0.2) is 54.7 Å². The number of aliphatic hydroxyl groups excluding tert-OH is 2. The van der Waals surface area contributed by atoms with E-state index in [1.54, 1.807) is 0 Å². The molecule has 2 aromatic carbocycles. The molecule has 5 rings (SSSR count). The Labute approximate surface area is 199 Å². The number of hydrogen-bond donors (Lipinski definition) is 2. The summed E-state index contributed by atoms with van der Waals surface area (Å²) in [6, 6.07) is 19.9. The number of aliphatic hydroxyl groups is 2. The number of rotatable bonds is 2. The summed E-state index contributed by atoms with van der Waals surface area (Å²) < 4.78 is 0. The van der Waals surface area contributed by atoms with Crippen molar-refractivity contribution in [1.82, 2.24) is 4.98 Å². The minimum atomic E-state index is -0.216. The van der Waals surface area contributed by atoms with Crippen LogP contribution in [0.4, 0.5) is 0 Å². The summed E-state index contributed by atoms with van der Waals surface area (Å²) in [6.07, 6.45) is 6.82. The van der Waals surface area contributed by atoms with Gasteiger partial charge >= 0.3 is 0 Å². The maximum Gasteiger partial charge on any atom is 0.0595 e. The van der Waals surface area contributed by atoms with Crippen LogP contribution in [-0.2, 0) is 20.1 Å². The van der Waals surface area contributed by atoms with E-state index in [9.17, 15) is 10.2 Å². The van der Waals surface area contributed by atoms with Crippen LogP contribution >= 0.6 is 0 Å². The first-order chi connectivity index (χ1) is 14.5. The summed E-state index contributed by atoms with van der Waals surface area (Å²) in [7, 11) is 0. The standard InChI is InChI=1S/C18H16N.C9H16O2.Ir/c1-13(2)15-8-9-16-12-19-18(11-17(16)10-15)14-6-4-3-5-7-14;10-7-3-1-2-6-4-5-8(11)9(6)7;/h3-6,8-13H,1-2H3;6-11H,1-5H2;/q-1;;. The molecule has 0 saturated heterocycles. The zero-order valence-electron chi connectivity index (χ0n) is 18.3. The van der Waals surface area contributed by atoms with Crippen LogP contribution in [0.2, 0.25) is 0 Å². The first-order valence-corrected chi connectivity index (χ1v) is 11.3. The Balaban J connectivity index is 0.000000194. The first kappa shape index (κ1) is 24.1. The van der Waals surface area contributed by atoms with Gasteiger partial charge in [0.15, 0.2) is 0 Å². The largest absolute Gasteiger partial charge is 0.393 e. The Kier molecular flexibility index (Phi) is 8.41. The summed E-state index contributed by atoms with van der Waals surface area (Å²) in [4.78, 5) is 4.52. The third-order valence-corrected chi connectivity index (χ3v) is 6.74. The number of aromatic nitrogens is 1. The molecule has 4 atom stereocenters. The minimum Gasteiger partial charge on any atom is -0.393 e. The molecule has 2 aliphatic rings. The summed E-state index contributed by atoms with van der Waals surface area (Å²) in [5.74, 6) is 1.38. The molecule has 1 aromatic heterocycles. The molecule has 167 valence electrons. The maximum absolute atomic E-state index is 9.59. The van der Waals surface area contributed by atoms with E-state index in [1.807, 2.05) is 30.5 Å². The van der Waals surface area contributed by atoms with Gasteiger partial charge in [0.25, 0.3) is 0 Å². The fraction of sp³-hybridized carbons (Fsp3) is 0.444. The smallest absolute Gasteiger partial charge is 0.0595 e. The predicted octanol–water partition coefficient (Wildman–Crippen LogP) is 5.74. The molecule has 31 heavy (non-hydrogen) atoms. The molecule has 3 aromatic rings. The molecular formula is C27H32IrNO2-. The number of pyridine rings is 1. The van der Waals surface area contributed by atoms with Gasteiger partial charge in [-0.15, -0.1) is 35.9 Å². The van der Waals surface area contributed by atoms with Gasteiger partial charge < -0.3 is 15.2 Å². The van der Waals surface area contributed by atoms with Gasteiger partial charge in [0.2, 0.25) is 0 Å². The van der Waals surface area contributed by atoms with Crippen molar-refractivity contribution in [2.75, 3.05) is 0 Å². The van der Waals surface area contributed by atoms with Crippen molar-refractivity contribution in [2.45, 2.75) is 64.1 Å². The number of nitrogens with zero attached hydrogens (tertiary/aromatic N) is 1. The molecule has 2 saturated carbocycles. The van der Waals surface area contributed by atoms with E-state index in [0.29, 0.717) is 11.8 Å². The molecular weight excluding hydrogens is 563 g/mol. The summed E-state index contributed by atoms with van der Waals surface area (Å²) in [5, 5.41) is 21.6. The van der Waals surface area contributed by atoms with E-state index in [2.05, 4.69) is 49.2 Å². The molecule has 0 bridgehead atoms. The molecule has 4 heteroatoms. The zero-order valence-corrected chi connectivity index (χ0v) is 20.7. The SMILES string of the molecule is CC(C)c1ccc2cnc(-c3[c-]cccc3)cc2c1.OC1CCCC2CCC(O)C12.[Ir]. The van der Waals surface area contributed by atoms with Crippen LogP contribution in [0.1, 0.15) is 57.4 Å². The maximum atomic E-state index is 9.59. The molecule has 2 aliphatic carbocycles. The topological polar surface area (TPSA) is 53.4 Å². The van der Waals surface area contributed by atoms with Crippen molar-refractivity contribution < 1.29 is 30.3 Å². The monoisotopic (exact) mass is 595 g/mol. The summed E-state index contributed by atoms with van der Waals surface area (Å²) in [5.41, 5.74) is 3.38. The fourth-order valence-corrected chi connectivity index (χ4v) is 4.99. The molecule has 0 amide bonds. The Morgan fingerprint density at radius 2 is 1.74 bits per heavy atom. The fourth-order valence-electron chi connectivity index (χ4n) is 4.99. The quantitative estimate of drug-likeness (QED) is 0.372. The van der Waals surface area contributed by atoms with E-state index in [0.717, 1.165) is 36.9 Å². The van der Waals surface area contributed by atoms with Gasteiger partial charge in [-0.1, -0.05) is 44.5 Å². The molecule has 2 fully saturated rings. The van der Waals surface area contributed by atoms with Crippen LogP contribution in [-0.4, -0.2) is 27.4 Å². The van der Waals surface area contributed by atoms with Crippen LogP contribution in [0.3, 0.4) is 0 Å². The molecule has 3 nitrogen and oxygen atoms in total. The normalized spacial score (nSPS) is 24.8. The second-order valence-corrected chi connectivity index (χ2v) is 9.09. The number of fused-ring (bicyclic) bond motifs is 2. The van der Waals surface area contributed by atoms with Gasteiger partial charge in [0.05, 0.1) is 12.2 Å². The van der Waals surface area contributed by atoms with Crippen LogP contribution < -0.4 is 0 Å². The molecule has 0 spiro atoms. The Morgan fingerprint density at radius 3 is 2.45 bits per heavy atom. The predicted molar refractivity (Wildman–Crippen MR) is 122 cm³/mol.